The molecule has 1 heterocycles. The maximum absolute atomic E-state index is 8.09. The highest BCUT2D eigenvalue weighted by molar-refractivity contribution is 5.76. The van der Waals surface area contributed by atoms with Gasteiger partial charge in [-0.15, -0.1) is 0 Å². The van der Waals surface area contributed by atoms with Crippen LogP contribution in [0.5, 0.6) is 0 Å². The Hall–Kier alpha value is -1.32. The molecule has 0 fully saturated rings. The first-order chi connectivity index (χ1) is 4.34. The van der Waals surface area contributed by atoms with Crippen LogP contribution in [0.25, 0.3) is 0 Å². The summed E-state index contributed by atoms with van der Waals surface area (Å²) in [5, 5.41) is 10.9. The van der Waals surface area contributed by atoms with Gasteiger partial charge >= 0.3 is 0 Å². The Morgan fingerprint density at radius 2 is 2.67 bits per heavy atom. The molecule has 0 aliphatic carbocycles. The number of rotatable bonds is 1. The average Bonchev–Trinajstić information content (AvgIpc) is 2.18. The zero-order chi connectivity index (χ0) is 6.69. The van der Waals surface area contributed by atoms with Crippen LogP contribution >= 0.6 is 0 Å². The van der Waals surface area contributed by atoms with E-state index in [0.29, 0.717) is 0 Å². The fourth-order valence-corrected chi connectivity index (χ4v) is 0.551. The van der Waals surface area contributed by atoms with Crippen molar-refractivity contribution in [3.63, 3.8) is 0 Å². The molecule has 0 unspecified atom stereocenters. The smallest absolute Gasteiger partial charge is 0.0948 e. The fourth-order valence-electron chi connectivity index (χ4n) is 0.551. The minimum absolute atomic E-state index is 0.775. The molecular formula is C5H7N3O. The van der Waals surface area contributed by atoms with Gasteiger partial charge in [0.15, 0.2) is 0 Å². The second-order valence-electron chi connectivity index (χ2n) is 1.67. The lowest BCUT2D eigenvalue weighted by Gasteiger charge is -1.88. The summed E-state index contributed by atoms with van der Waals surface area (Å²) in [5.41, 5.74) is 0.775. The monoisotopic (exact) mass is 125 g/mol. The highest BCUT2D eigenvalue weighted by atomic mass is 16.4. The van der Waals surface area contributed by atoms with Crippen molar-refractivity contribution in [2.24, 2.45) is 12.2 Å². The van der Waals surface area contributed by atoms with Crippen LogP contribution in [-0.2, 0) is 7.05 Å². The summed E-state index contributed by atoms with van der Waals surface area (Å²) in [4.78, 5) is 3.80. The Bertz CT molecular complexity index is 216. The SMILES string of the molecule is Cn1cncc1/C=N/O. The third kappa shape index (κ3) is 1.07. The Balaban J connectivity index is 2.94. The molecule has 0 spiro atoms. The van der Waals surface area contributed by atoms with Crippen molar-refractivity contribution in [1.29, 1.82) is 0 Å². The van der Waals surface area contributed by atoms with Crippen LogP contribution < -0.4 is 0 Å². The van der Waals surface area contributed by atoms with Gasteiger partial charge in [-0.3, -0.25) is 0 Å². The van der Waals surface area contributed by atoms with Crippen LogP contribution in [0.1, 0.15) is 5.69 Å². The maximum Gasteiger partial charge on any atom is 0.0948 e. The molecule has 4 heteroatoms. The molecule has 4 nitrogen and oxygen atoms in total. The lowest BCUT2D eigenvalue weighted by Crippen LogP contribution is -1.91. The van der Waals surface area contributed by atoms with Crippen LogP contribution in [0.15, 0.2) is 17.7 Å². The molecule has 1 N–H and O–H groups in total. The molecule has 0 aliphatic heterocycles. The molecule has 1 aromatic rings. The van der Waals surface area contributed by atoms with Crippen molar-refractivity contribution in [2.75, 3.05) is 0 Å². The Morgan fingerprint density at radius 3 is 3.11 bits per heavy atom. The van der Waals surface area contributed by atoms with E-state index in [2.05, 4.69) is 10.1 Å². The van der Waals surface area contributed by atoms with Gasteiger partial charge in [-0.05, 0) is 0 Å². The predicted octanol–water partition coefficient (Wildman–Crippen LogP) is 0.228. The second-order valence-corrected chi connectivity index (χ2v) is 1.67. The van der Waals surface area contributed by atoms with E-state index < -0.39 is 0 Å². The molecule has 0 bridgehead atoms. The van der Waals surface area contributed by atoms with E-state index in [4.69, 9.17) is 5.21 Å². The van der Waals surface area contributed by atoms with E-state index in [-0.39, 0.29) is 0 Å². The molecule has 0 amide bonds. The lowest BCUT2D eigenvalue weighted by molar-refractivity contribution is 0.321. The number of imidazole rings is 1. The summed E-state index contributed by atoms with van der Waals surface area (Å²) in [6.45, 7) is 0. The van der Waals surface area contributed by atoms with Crippen molar-refractivity contribution in [3.8, 4) is 0 Å². The van der Waals surface area contributed by atoms with Crippen molar-refractivity contribution in [2.45, 2.75) is 0 Å². The zero-order valence-corrected chi connectivity index (χ0v) is 5.02. The first-order valence-corrected chi connectivity index (χ1v) is 2.48. The van der Waals surface area contributed by atoms with E-state index in [9.17, 15) is 0 Å². The summed E-state index contributed by atoms with van der Waals surface area (Å²) in [6, 6.07) is 0. The molecule has 0 aliphatic rings. The van der Waals surface area contributed by atoms with Crippen molar-refractivity contribution in [3.05, 3.63) is 18.2 Å². The topological polar surface area (TPSA) is 50.4 Å². The predicted molar refractivity (Wildman–Crippen MR) is 32.6 cm³/mol. The largest absolute Gasteiger partial charge is 0.411 e. The molecule has 0 aromatic carbocycles. The quantitative estimate of drug-likeness (QED) is 0.332. The van der Waals surface area contributed by atoms with Gasteiger partial charge in [0.1, 0.15) is 0 Å². The molecule has 1 rings (SSSR count). The number of hydrogen-bond acceptors (Lipinski definition) is 3. The molecule has 0 atom stereocenters. The van der Waals surface area contributed by atoms with Gasteiger partial charge in [0.05, 0.1) is 24.4 Å². The molecule has 0 radical (unpaired) electrons. The Labute approximate surface area is 52.4 Å². The van der Waals surface area contributed by atoms with Crippen molar-refractivity contribution >= 4 is 6.21 Å². The van der Waals surface area contributed by atoms with Gasteiger partial charge in [-0.25, -0.2) is 4.98 Å². The summed E-state index contributed by atoms with van der Waals surface area (Å²) >= 11 is 0. The normalized spacial score (nSPS) is 10.8. The molecule has 9 heavy (non-hydrogen) atoms. The number of nitrogens with zero attached hydrogens (tertiary/aromatic N) is 3. The molecular weight excluding hydrogens is 118 g/mol. The van der Waals surface area contributed by atoms with Crippen LogP contribution in [-0.4, -0.2) is 21.0 Å². The van der Waals surface area contributed by atoms with Gasteiger partial charge in [0.2, 0.25) is 0 Å². The zero-order valence-electron chi connectivity index (χ0n) is 5.02. The third-order valence-electron chi connectivity index (χ3n) is 1.04. The van der Waals surface area contributed by atoms with Crippen LogP contribution in [0.4, 0.5) is 0 Å². The summed E-state index contributed by atoms with van der Waals surface area (Å²) in [7, 11) is 1.82. The fraction of sp³-hybridized carbons (Fsp3) is 0.200. The van der Waals surface area contributed by atoms with Crippen molar-refractivity contribution < 1.29 is 5.21 Å². The Morgan fingerprint density at radius 1 is 1.89 bits per heavy atom. The van der Waals surface area contributed by atoms with Crippen LogP contribution in [0.3, 0.4) is 0 Å². The van der Waals surface area contributed by atoms with Gasteiger partial charge in [-0.2, -0.15) is 0 Å². The van der Waals surface area contributed by atoms with Crippen molar-refractivity contribution in [1.82, 2.24) is 9.55 Å². The average molecular weight is 125 g/mol. The first kappa shape index (κ1) is 5.81. The molecule has 0 saturated heterocycles. The highest BCUT2D eigenvalue weighted by Crippen LogP contribution is 1.89. The summed E-state index contributed by atoms with van der Waals surface area (Å²) in [5.74, 6) is 0. The van der Waals surface area contributed by atoms with Crippen LogP contribution in [0, 0.1) is 0 Å². The van der Waals surface area contributed by atoms with Gasteiger partial charge < -0.3 is 9.77 Å². The molecule has 1 aromatic heterocycles. The molecule has 0 saturated carbocycles. The van der Waals surface area contributed by atoms with Crippen LogP contribution in [0.2, 0.25) is 0 Å². The summed E-state index contributed by atoms with van der Waals surface area (Å²) < 4.78 is 1.75. The van der Waals surface area contributed by atoms with Gasteiger partial charge in [0.25, 0.3) is 0 Å². The van der Waals surface area contributed by atoms with E-state index in [1.807, 2.05) is 7.05 Å². The molecule has 48 valence electrons. The summed E-state index contributed by atoms with van der Waals surface area (Å²) in [6.07, 6.45) is 4.57. The minimum atomic E-state index is 0.775. The van der Waals surface area contributed by atoms with E-state index in [1.165, 1.54) is 6.21 Å². The first-order valence-electron chi connectivity index (χ1n) is 2.48. The minimum Gasteiger partial charge on any atom is -0.411 e. The third-order valence-corrected chi connectivity index (χ3v) is 1.04. The van der Waals surface area contributed by atoms with Gasteiger partial charge in [-0.1, -0.05) is 5.16 Å². The second kappa shape index (κ2) is 2.30. The maximum atomic E-state index is 8.09. The van der Waals surface area contributed by atoms with E-state index >= 15 is 0 Å². The Kier molecular flexibility index (Phi) is 1.48. The number of aromatic nitrogens is 2. The lowest BCUT2D eigenvalue weighted by atomic mass is 10.5. The van der Waals surface area contributed by atoms with Gasteiger partial charge in [0, 0.05) is 7.05 Å². The van der Waals surface area contributed by atoms with E-state index in [1.54, 1.807) is 17.1 Å². The van der Waals surface area contributed by atoms with E-state index in [0.717, 1.165) is 5.69 Å². The number of oxime groups is 1. The number of aryl methyl sites for hydroxylation is 1. The number of hydrogen-bond donors (Lipinski definition) is 1. The highest BCUT2D eigenvalue weighted by Gasteiger charge is 1.90. The standard InChI is InChI=1S/C5H7N3O/c1-8-4-6-2-5(8)3-7-9/h2-4,9H,1H3/b7-3+.